The average Bonchev–Trinajstić information content (AvgIpc) is 2.56. The van der Waals surface area contributed by atoms with Crippen molar-refractivity contribution in [3.63, 3.8) is 0 Å². The Labute approximate surface area is 81.7 Å². The van der Waals surface area contributed by atoms with Gasteiger partial charge in [-0.15, -0.1) is 6.73 Å². The van der Waals surface area contributed by atoms with E-state index < -0.39 is 0 Å². The summed E-state index contributed by atoms with van der Waals surface area (Å²) in [4.78, 5) is 12.6. The molecule has 0 saturated carbocycles. The fourth-order valence-electron chi connectivity index (χ4n) is 1.29. The van der Waals surface area contributed by atoms with Crippen LogP contribution >= 0.6 is 0 Å². The van der Waals surface area contributed by atoms with E-state index in [4.69, 9.17) is 4.74 Å². The number of hydrogen-bond acceptors (Lipinski definition) is 3. The van der Waals surface area contributed by atoms with Crippen molar-refractivity contribution in [2.75, 3.05) is 6.61 Å². The fourth-order valence-corrected chi connectivity index (χ4v) is 1.29. The quantitative estimate of drug-likeness (QED) is 0.707. The molecule has 0 aromatic heterocycles. The van der Waals surface area contributed by atoms with Crippen LogP contribution in [-0.4, -0.2) is 22.5 Å². The third-order valence-corrected chi connectivity index (χ3v) is 2.06. The molecule has 4 nitrogen and oxygen atoms in total. The molecule has 1 fully saturated rings. The van der Waals surface area contributed by atoms with Crippen LogP contribution in [0.5, 0.6) is 5.75 Å². The molecule has 0 bridgehead atoms. The summed E-state index contributed by atoms with van der Waals surface area (Å²) in [6, 6.07) is 6.92. The first kappa shape index (κ1) is 9.02. The summed E-state index contributed by atoms with van der Waals surface area (Å²) in [6.45, 7) is 1.83. The highest BCUT2D eigenvalue weighted by atomic mass is 16.5. The van der Waals surface area contributed by atoms with E-state index in [1.54, 1.807) is 18.2 Å². The van der Waals surface area contributed by atoms with Gasteiger partial charge in [0.1, 0.15) is 5.75 Å². The second-order valence-electron chi connectivity index (χ2n) is 3.07. The van der Waals surface area contributed by atoms with Crippen molar-refractivity contribution in [3.8, 4) is 5.75 Å². The molecule has 1 heterocycles. The maximum absolute atomic E-state index is 11.2. The summed E-state index contributed by atoms with van der Waals surface area (Å²) >= 11 is 0. The average molecular weight is 192 g/mol. The van der Waals surface area contributed by atoms with Gasteiger partial charge >= 0.3 is 0 Å². The Hall–Kier alpha value is -1.55. The second-order valence-corrected chi connectivity index (χ2v) is 3.07. The first-order chi connectivity index (χ1) is 6.77. The van der Waals surface area contributed by atoms with Crippen LogP contribution in [0.15, 0.2) is 24.3 Å². The molecule has 2 rings (SSSR count). The van der Waals surface area contributed by atoms with Gasteiger partial charge in [-0.2, -0.15) is 0 Å². The molecule has 0 spiro atoms. The van der Waals surface area contributed by atoms with Gasteiger partial charge in [-0.05, 0) is 6.07 Å². The summed E-state index contributed by atoms with van der Waals surface area (Å²) in [6.07, 6.45) is 0. The van der Waals surface area contributed by atoms with E-state index in [1.807, 2.05) is 6.07 Å². The van der Waals surface area contributed by atoms with Gasteiger partial charge in [0, 0.05) is 12.1 Å². The number of amides is 1. The van der Waals surface area contributed by atoms with E-state index in [2.05, 4.69) is 0 Å². The molecule has 1 amide bonds. The Morgan fingerprint density at radius 1 is 1.50 bits per heavy atom. The third kappa shape index (κ3) is 1.70. The van der Waals surface area contributed by atoms with Gasteiger partial charge in [0.05, 0.1) is 6.61 Å². The Bertz CT molecular complexity index is 351. The van der Waals surface area contributed by atoms with E-state index in [-0.39, 0.29) is 18.3 Å². The highest BCUT2D eigenvalue weighted by Crippen LogP contribution is 2.20. The number of carbonyl (C=O) groups excluding carboxylic acids is 1. The first-order valence-electron chi connectivity index (χ1n) is 4.28. The largest absolute Gasteiger partial charge is 0.525 e. The minimum atomic E-state index is -0.0896. The number of benzene rings is 1. The molecule has 0 radical (unpaired) electrons. The Kier molecular flexibility index (Phi) is 2.37. The SMILES string of the molecule is O=C1CO[CH-]N1Cc1ccccc1O. The first-order valence-corrected chi connectivity index (χ1v) is 4.28. The number of nitrogens with zero attached hydrogens (tertiary/aromatic N) is 1. The molecule has 0 unspecified atom stereocenters. The lowest BCUT2D eigenvalue weighted by Gasteiger charge is -2.23. The van der Waals surface area contributed by atoms with E-state index in [9.17, 15) is 9.90 Å². The van der Waals surface area contributed by atoms with E-state index >= 15 is 0 Å². The molecule has 1 aromatic carbocycles. The van der Waals surface area contributed by atoms with Gasteiger partial charge in [-0.1, -0.05) is 18.2 Å². The standard InChI is InChI=1S/C10H10NO3/c12-9-4-2-1-3-8(9)5-11-7-14-6-10(11)13/h1-4,7,12H,5-6H2/q-1. The highest BCUT2D eigenvalue weighted by molar-refractivity contribution is 5.79. The number of hydrogen-bond donors (Lipinski definition) is 1. The number of ether oxygens (including phenoxy) is 1. The Balaban J connectivity index is 2.10. The Morgan fingerprint density at radius 3 is 2.93 bits per heavy atom. The van der Waals surface area contributed by atoms with Crippen LogP contribution in [0.1, 0.15) is 5.56 Å². The molecule has 4 heteroatoms. The lowest BCUT2D eigenvalue weighted by Crippen LogP contribution is -2.22. The van der Waals surface area contributed by atoms with Gasteiger partial charge in [0.25, 0.3) is 0 Å². The van der Waals surface area contributed by atoms with Crippen LogP contribution in [0.3, 0.4) is 0 Å². The van der Waals surface area contributed by atoms with Gasteiger partial charge in [-0.3, -0.25) is 4.79 Å². The monoisotopic (exact) mass is 192 g/mol. The van der Waals surface area contributed by atoms with Crippen molar-refractivity contribution in [2.24, 2.45) is 0 Å². The summed E-state index contributed by atoms with van der Waals surface area (Å²) in [5.74, 6) is 0.105. The zero-order valence-corrected chi connectivity index (χ0v) is 7.51. The van der Waals surface area contributed by atoms with Crippen molar-refractivity contribution in [1.29, 1.82) is 0 Å². The molecular formula is C10H10NO3-. The van der Waals surface area contributed by atoms with Crippen LogP contribution in [0.25, 0.3) is 0 Å². The summed E-state index contributed by atoms with van der Waals surface area (Å²) in [5, 5.41) is 9.46. The van der Waals surface area contributed by atoms with Crippen LogP contribution in [0.4, 0.5) is 0 Å². The Morgan fingerprint density at radius 2 is 2.29 bits per heavy atom. The number of para-hydroxylation sites is 1. The predicted molar refractivity (Wildman–Crippen MR) is 48.9 cm³/mol. The number of phenolic OH excluding ortho intramolecular Hbond substituents is 1. The molecule has 1 aromatic rings. The zero-order valence-electron chi connectivity index (χ0n) is 7.51. The van der Waals surface area contributed by atoms with Crippen molar-refractivity contribution in [3.05, 3.63) is 36.6 Å². The fraction of sp³-hybridized carbons (Fsp3) is 0.200. The molecule has 74 valence electrons. The molecular weight excluding hydrogens is 182 g/mol. The van der Waals surface area contributed by atoms with Crippen molar-refractivity contribution in [1.82, 2.24) is 4.90 Å². The second kappa shape index (κ2) is 3.67. The normalized spacial score (nSPS) is 16.3. The smallest absolute Gasteiger partial charge is 0.218 e. The minimum absolute atomic E-state index is 0.0896. The zero-order chi connectivity index (χ0) is 9.97. The highest BCUT2D eigenvalue weighted by Gasteiger charge is 2.13. The maximum Gasteiger partial charge on any atom is 0.218 e. The topological polar surface area (TPSA) is 49.8 Å². The minimum Gasteiger partial charge on any atom is -0.525 e. The molecule has 1 aliphatic rings. The van der Waals surface area contributed by atoms with Gasteiger partial charge in [-0.25, -0.2) is 0 Å². The van der Waals surface area contributed by atoms with E-state index in [0.29, 0.717) is 12.1 Å². The maximum atomic E-state index is 11.2. The molecule has 1 saturated heterocycles. The van der Waals surface area contributed by atoms with Crippen LogP contribution in [0.2, 0.25) is 0 Å². The van der Waals surface area contributed by atoms with Crippen LogP contribution < -0.4 is 0 Å². The lowest BCUT2D eigenvalue weighted by molar-refractivity contribution is -0.126. The van der Waals surface area contributed by atoms with Gasteiger partial charge in [0.2, 0.25) is 5.91 Å². The van der Waals surface area contributed by atoms with E-state index in [0.717, 1.165) is 0 Å². The summed E-state index contributed by atoms with van der Waals surface area (Å²) in [5.41, 5.74) is 0.711. The third-order valence-electron chi connectivity index (χ3n) is 2.06. The van der Waals surface area contributed by atoms with Crippen molar-refractivity contribution in [2.45, 2.75) is 6.54 Å². The molecule has 0 atom stereocenters. The molecule has 1 N–H and O–H groups in total. The van der Waals surface area contributed by atoms with Crippen LogP contribution in [0, 0.1) is 6.73 Å². The number of carbonyl (C=O) groups is 1. The predicted octanol–water partition coefficient (Wildman–Crippen LogP) is 0.870. The molecule has 0 aliphatic carbocycles. The molecule has 1 aliphatic heterocycles. The number of phenols is 1. The molecule has 14 heavy (non-hydrogen) atoms. The summed E-state index contributed by atoms with van der Waals surface area (Å²) < 4.78 is 4.85. The van der Waals surface area contributed by atoms with Gasteiger partial charge < -0.3 is 14.7 Å². The van der Waals surface area contributed by atoms with Crippen LogP contribution in [-0.2, 0) is 16.1 Å². The van der Waals surface area contributed by atoms with E-state index in [1.165, 1.54) is 11.6 Å². The van der Waals surface area contributed by atoms with Crippen molar-refractivity contribution >= 4 is 5.91 Å². The van der Waals surface area contributed by atoms with Crippen molar-refractivity contribution < 1.29 is 14.6 Å². The number of aromatic hydroxyl groups is 1. The van der Waals surface area contributed by atoms with Gasteiger partial charge in [0.15, 0.2) is 0 Å². The summed E-state index contributed by atoms with van der Waals surface area (Å²) in [7, 11) is 0. The lowest BCUT2D eigenvalue weighted by atomic mass is 10.2. The number of rotatable bonds is 2.